The van der Waals surface area contributed by atoms with Gasteiger partial charge < -0.3 is 14.3 Å². The summed E-state index contributed by atoms with van der Waals surface area (Å²) in [7, 11) is 0. The lowest BCUT2D eigenvalue weighted by molar-refractivity contribution is -0.113. The van der Waals surface area contributed by atoms with Crippen molar-refractivity contribution in [2.24, 2.45) is 0 Å². The van der Waals surface area contributed by atoms with Crippen LogP contribution in [0.1, 0.15) is 35.1 Å². The lowest BCUT2D eigenvalue weighted by atomic mass is 10.1. The Morgan fingerprint density at radius 3 is 2.73 bits per heavy atom. The maximum Gasteiger partial charge on any atom is 0.235 e. The molecule has 3 heterocycles. The Labute approximate surface area is 196 Å². The summed E-state index contributed by atoms with van der Waals surface area (Å²) >= 11 is 1.23. The van der Waals surface area contributed by atoms with E-state index in [2.05, 4.69) is 45.6 Å². The van der Waals surface area contributed by atoms with E-state index in [-0.39, 0.29) is 11.7 Å². The molecule has 0 spiro atoms. The van der Waals surface area contributed by atoms with Crippen molar-refractivity contribution in [2.75, 3.05) is 11.1 Å². The summed E-state index contributed by atoms with van der Waals surface area (Å²) in [4.78, 5) is 17.2. The minimum Gasteiger partial charge on any atom is -0.467 e. The Bertz CT molecular complexity index is 1300. The van der Waals surface area contributed by atoms with E-state index in [1.807, 2.05) is 42.7 Å². The number of rotatable bonds is 8. The zero-order chi connectivity index (χ0) is 23.4. The fourth-order valence-electron chi connectivity index (χ4n) is 3.52. The molecule has 33 heavy (non-hydrogen) atoms. The molecule has 2 N–H and O–H groups in total. The fraction of sp³-hybridized carbons (Fsp3) is 0.250. The second-order valence-electron chi connectivity index (χ2n) is 7.57. The number of H-pyrrole nitrogens is 1. The smallest absolute Gasteiger partial charge is 0.235 e. The maximum atomic E-state index is 12.7. The Morgan fingerprint density at radius 2 is 2.06 bits per heavy atom. The number of nitrogens with zero attached hydrogens (tertiary/aromatic N) is 4. The van der Waals surface area contributed by atoms with Crippen LogP contribution in [0.15, 0.2) is 52.2 Å². The van der Waals surface area contributed by atoms with Crippen molar-refractivity contribution >= 4 is 23.5 Å². The number of carbonyl (C=O) groups is 1. The molecule has 4 aromatic rings. The van der Waals surface area contributed by atoms with Gasteiger partial charge >= 0.3 is 0 Å². The number of amides is 1. The van der Waals surface area contributed by atoms with E-state index in [0.717, 1.165) is 29.0 Å². The molecule has 1 amide bonds. The second-order valence-corrected chi connectivity index (χ2v) is 8.51. The van der Waals surface area contributed by atoms with Crippen molar-refractivity contribution in [2.45, 2.75) is 38.9 Å². The van der Waals surface area contributed by atoms with Gasteiger partial charge in [0.2, 0.25) is 11.1 Å². The number of aromatic amines is 1. The molecule has 0 saturated heterocycles. The number of aryl methyl sites for hydroxylation is 1. The van der Waals surface area contributed by atoms with Gasteiger partial charge in [0.25, 0.3) is 0 Å². The van der Waals surface area contributed by atoms with Gasteiger partial charge in [-0.1, -0.05) is 43.0 Å². The molecular weight excluding hydrogens is 436 g/mol. The molecule has 0 bridgehead atoms. The number of hydrogen-bond acceptors (Lipinski definition) is 6. The van der Waals surface area contributed by atoms with Crippen molar-refractivity contribution in [3.63, 3.8) is 0 Å². The quantitative estimate of drug-likeness (QED) is 0.369. The molecule has 9 heteroatoms. The highest BCUT2D eigenvalue weighted by atomic mass is 32.2. The van der Waals surface area contributed by atoms with Crippen LogP contribution in [0.2, 0.25) is 0 Å². The highest BCUT2D eigenvalue weighted by molar-refractivity contribution is 7.99. The first-order chi connectivity index (χ1) is 16.0. The van der Waals surface area contributed by atoms with Crippen LogP contribution in [0, 0.1) is 25.2 Å². The first kappa shape index (κ1) is 22.4. The van der Waals surface area contributed by atoms with E-state index in [4.69, 9.17) is 4.42 Å². The number of thioether (sulfide) groups is 1. The largest absolute Gasteiger partial charge is 0.467 e. The summed E-state index contributed by atoms with van der Waals surface area (Å²) in [5.74, 6) is 1.74. The number of hydrogen-bond donors (Lipinski definition) is 2. The van der Waals surface area contributed by atoms with Crippen LogP contribution in [-0.4, -0.2) is 31.4 Å². The van der Waals surface area contributed by atoms with E-state index in [1.54, 1.807) is 6.26 Å². The molecule has 0 saturated carbocycles. The molecule has 0 atom stereocenters. The number of aromatic nitrogens is 4. The van der Waals surface area contributed by atoms with Crippen molar-refractivity contribution < 1.29 is 9.21 Å². The van der Waals surface area contributed by atoms with E-state index in [1.165, 1.54) is 17.3 Å². The fourth-order valence-corrected chi connectivity index (χ4v) is 4.12. The second kappa shape index (κ2) is 9.79. The monoisotopic (exact) mass is 460 g/mol. The van der Waals surface area contributed by atoms with Crippen molar-refractivity contribution in [3.05, 3.63) is 70.8 Å². The molecule has 0 aliphatic carbocycles. The molecule has 0 unspecified atom stereocenters. The molecule has 0 radical (unpaired) electrons. The summed E-state index contributed by atoms with van der Waals surface area (Å²) in [6.07, 6.45) is 2.58. The van der Waals surface area contributed by atoms with Crippen LogP contribution in [0.25, 0.3) is 11.4 Å². The normalized spacial score (nSPS) is 10.8. The predicted octanol–water partition coefficient (Wildman–Crippen LogP) is 4.70. The third-order valence-corrected chi connectivity index (χ3v) is 6.37. The number of nitrogens with one attached hydrogen (secondary N) is 2. The minimum absolute atomic E-state index is 0.112. The number of anilines is 1. The van der Waals surface area contributed by atoms with Gasteiger partial charge in [-0.2, -0.15) is 5.26 Å². The van der Waals surface area contributed by atoms with Crippen LogP contribution >= 0.6 is 11.8 Å². The number of carbonyl (C=O) groups excluding carboxylic acids is 1. The highest BCUT2D eigenvalue weighted by Crippen LogP contribution is 2.28. The highest BCUT2D eigenvalue weighted by Gasteiger charge is 2.20. The summed E-state index contributed by atoms with van der Waals surface area (Å²) in [6, 6.07) is 14.0. The molecule has 4 rings (SSSR count). The van der Waals surface area contributed by atoms with Gasteiger partial charge in [0.1, 0.15) is 17.6 Å². The number of furan rings is 1. The minimum atomic E-state index is -0.242. The van der Waals surface area contributed by atoms with Crippen LogP contribution in [0.4, 0.5) is 5.82 Å². The van der Waals surface area contributed by atoms with Gasteiger partial charge in [-0.15, -0.1) is 5.10 Å². The third-order valence-electron chi connectivity index (χ3n) is 5.53. The van der Waals surface area contributed by atoms with Gasteiger partial charge in [-0.25, -0.2) is 4.98 Å². The summed E-state index contributed by atoms with van der Waals surface area (Å²) < 4.78 is 7.34. The molecule has 0 aliphatic heterocycles. The third kappa shape index (κ3) is 4.86. The molecule has 8 nitrogen and oxygen atoms in total. The van der Waals surface area contributed by atoms with Crippen molar-refractivity contribution in [3.8, 4) is 17.5 Å². The van der Waals surface area contributed by atoms with Crippen LogP contribution in [-0.2, 0) is 17.8 Å². The van der Waals surface area contributed by atoms with Crippen LogP contribution in [0.5, 0.6) is 0 Å². The van der Waals surface area contributed by atoms with E-state index < -0.39 is 0 Å². The summed E-state index contributed by atoms with van der Waals surface area (Å²) in [5.41, 5.74) is 4.38. The lowest BCUT2D eigenvalue weighted by Gasteiger charge is -2.11. The zero-order valence-electron chi connectivity index (χ0n) is 18.7. The molecule has 1 aromatic carbocycles. The molecule has 0 aliphatic rings. The molecule has 168 valence electrons. The lowest BCUT2D eigenvalue weighted by Crippen LogP contribution is -2.18. The predicted molar refractivity (Wildman–Crippen MR) is 127 cm³/mol. The van der Waals surface area contributed by atoms with Crippen LogP contribution < -0.4 is 5.32 Å². The topological polar surface area (TPSA) is 113 Å². The Kier molecular flexibility index (Phi) is 6.66. The number of nitriles is 1. The molecule has 0 fully saturated rings. The zero-order valence-corrected chi connectivity index (χ0v) is 19.5. The molecular formula is C24H24N6O2S. The molecule has 3 aromatic heterocycles. The summed E-state index contributed by atoms with van der Waals surface area (Å²) in [6.45, 7) is 6.33. The van der Waals surface area contributed by atoms with Crippen LogP contribution in [0.3, 0.4) is 0 Å². The van der Waals surface area contributed by atoms with Gasteiger partial charge in [0.15, 0.2) is 5.82 Å². The van der Waals surface area contributed by atoms with Gasteiger partial charge in [-0.3, -0.25) is 9.89 Å². The summed E-state index contributed by atoms with van der Waals surface area (Å²) in [5, 5.41) is 20.2. The average Bonchev–Trinajstić information content (AvgIpc) is 3.56. The number of benzene rings is 1. The van der Waals surface area contributed by atoms with Gasteiger partial charge in [0, 0.05) is 11.3 Å². The Hall–Kier alpha value is -3.77. The first-order valence-electron chi connectivity index (χ1n) is 10.6. The maximum absolute atomic E-state index is 12.7. The van der Waals surface area contributed by atoms with E-state index in [0.29, 0.717) is 28.9 Å². The Morgan fingerprint density at radius 1 is 1.27 bits per heavy atom. The van der Waals surface area contributed by atoms with E-state index in [9.17, 15) is 10.1 Å². The van der Waals surface area contributed by atoms with E-state index >= 15 is 0 Å². The Balaban J connectivity index is 1.45. The average molecular weight is 461 g/mol. The van der Waals surface area contributed by atoms with Crippen molar-refractivity contribution in [1.29, 1.82) is 5.26 Å². The van der Waals surface area contributed by atoms with Gasteiger partial charge in [-0.05, 0) is 43.5 Å². The standard InChI is InChI=1S/C24H24N6O2S/c1-4-17-7-9-18(10-8-17)22-27-24(29-28-22)33-14-21(31)26-23-20(12-25)15(2)16(3)30(23)13-19-6-5-11-32-19/h5-11H,4,13-14H2,1-3H3,(H,26,31)(H,27,28,29). The van der Waals surface area contributed by atoms with Crippen molar-refractivity contribution in [1.82, 2.24) is 19.7 Å². The SMILES string of the molecule is CCc1ccc(-c2nc(SCC(=O)Nc3c(C#N)c(C)c(C)n3Cc3ccco3)n[nH]2)cc1. The van der Waals surface area contributed by atoms with Gasteiger partial charge in [0.05, 0.1) is 24.1 Å². The first-order valence-corrected chi connectivity index (χ1v) is 11.5.